The van der Waals surface area contributed by atoms with E-state index in [2.05, 4.69) is 0 Å². The van der Waals surface area contributed by atoms with Crippen molar-refractivity contribution in [2.45, 2.75) is 13.3 Å². The van der Waals surface area contributed by atoms with E-state index in [0.29, 0.717) is 6.42 Å². The lowest BCUT2D eigenvalue weighted by Gasteiger charge is -1.96. The Morgan fingerprint density at radius 3 is 2.42 bits per heavy atom. The second-order valence-electron chi connectivity index (χ2n) is 2.24. The lowest BCUT2D eigenvalue weighted by molar-refractivity contribution is -0.385. The molecule has 0 bridgehead atoms. The van der Waals surface area contributed by atoms with Crippen molar-refractivity contribution in [1.82, 2.24) is 6.15 Å². The molecule has 0 aromatic heterocycles. The molecule has 1 aromatic carbocycles. The van der Waals surface area contributed by atoms with E-state index in [-0.39, 0.29) is 16.8 Å². The molecule has 0 saturated heterocycles. The number of nitro groups is 1. The molecule has 0 saturated carbocycles. The number of para-hydroxylation sites is 1. The summed E-state index contributed by atoms with van der Waals surface area (Å²) in [5.41, 5.74) is 1.01. The number of rotatable bonds is 2. The van der Waals surface area contributed by atoms with Gasteiger partial charge < -0.3 is 0 Å². The molecular weight excluding hydrogens is 156 g/mol. The summed E-state index contributed by atoms with van der Waals surface area (Å²) in [6.07, 6.45) is 0.706. The summed E-state index contributed by atoms with van der Waals surface area (Å²) in [4.78, 5) is 10.0. The molecule has 12 heavy (non-hydrogen) atoms. The second kappa shape index (κ2) is 4.46. The summed E-state index contributed by atoms with van der Waals surface area (Å²) in [5, 5.41) is 10.4. The Hall–Kier alpha value is -1.42. The zero-order chi connectivity index (χ0) is 8.27. The van der Waals surface area contributed by atoms with E-state index in [9.17, 15) is 10.1 Å². The summed E-state index contributed by atoms with van der Waals surface area (Å²) in [6, 6.07) is 6.79. The first-order valence-corrected chi connectivity index (χ1v) is 3.48. The van der Waals surface area contributed by atoms with Crippen molar-refractivity contribution in [2.75, 3.05) is 0 Å². The van der Waals surface area contributed by atoms with Crippen LogP contribution in [0.3, 0.4) is 0 Å². The highest BCUT2D eigenvalue weighted by molar-refractivity contribution is 5.39. The molecule has 0 amide bonds. The van der Waals surface area contributed by atoms with Crippen molar-refractivity contribution in [3.63, 3.8) is 0 Å². The Labute approximate surface area is 71.0 Å². The maximum Gasteiger partial charge on any atom is 0.272 e. The lowest BCUT2D eigenvalue weighted by atomic mass is 10.1. The van der Waals surface area contributed by atoms with Gasteiger partial charge in [-0.2, -0.15) is 0 Å². The molecule has 63 valence electrons. The zero-order valence-corrected chi connectivity index (χ0v) is 6.73. The largest absolute Gasteiger partial charge is 0.272 e. The number of nitro benzene ring substituents is 1. The van der Waals surface area contributed by atoms with Gasteiger partial charge in [-0.3, -0.25) is 10.1 Å². The summed E-state index contributed by atoms with van der Waals surface area (Å²) in [5.74, 6) is 0. The van der Waals surface area contributed by atoms with Gasteiger partial charge in [0, 0.05) is 17.8 Å². The van der Waals surface area contributed by atoms with Gasteiger partial charge in [0.05, 0.1) is 4.92 Å². The SMILES string of the molecule is CCc1ccccc1[N+](=O)[O-].[N]. The Morgan fingerprint density at radius 1 is 1.42 bits per heavy atom. The maximum atomic E-state index is 10.4. The fraction of sp³-hybridized carbons (Fsp3) is 0.250. The third kappa shape index (κ3) is 2.03. The molecule has 0 fully saturated rings. The summed E-state index contributed by atoms with van der Waals surface area (Å²) in [6.45, 7) is 1.91. The molecule has 0 N–H and O–H groups in total. The van der Waals surface area contributed by atoms with E-state index < -0.39 is 0 Å². The second-order valence-corrected chi connectivity index (χ2v) is 2.24. The molecule has 0 atom stereocenters. The van der Waals surface area contributed by atoms with Gasteiger partial charge >= 0.3 is 0 Å². The molecule has 4 nitrogen and oxygen atoms in total. The molecule has 0 aliphatic heterocycles. The maximum absolute atomic E-state index is 10.4. The number of aryl methyl sites for hydroxylation is 1. The van der Waals surface area contributed by atoms with Crippen molar-refractivity contribution >= 4 is 5.69 Å². The van der Waals surface area contributed by atoms with Crippen molar-refractivity contribution in [3.8, 4) is 0 Å². The Morgan fingerprint density at radius 2 is 2.00 bits per heavy atom. The van der Waals surface area contributed by atoms with Gasteiger partial charge in [0.25, 0.3) is 5.69 Å². The lowest BCUT2D eigenvalue weighted by Crippen LogP contribution is -1.92. The van der Waals surface area contributed by atoms with Crippen molar-refractivity contribution in [3.05, 3.63) is 39.9 Å². The topological polar surface area (TPSA) is 73.6 Å². The van der Waals surface area contributed by atoms with Crippen LogP contribution in [0.5, 0.6) is 0 Å². The minimum absolute atomic E-state index is 0. The minimum Gasteiger partial charge on any atom is -0.258 e. The quantitative estimate of drug-likeness (QED) is 0.493. The van der Waals surface area contributed by atoms with Gasteiger partial charge in [0.1, 0.15) is 0 Å². The number of hydrogen-bond acceptors (Lipinski definition) is 2. The van der Waals surface area contributed by atoms with Gasteiger partial charge in [-0.15, -0.1) is 0 Å². The zero-order valence-electron chi connectivity index (χ0n) is 6.73. The van der Waals surface area contributed by atoms with Crippen LogP contribution >= 0.6 is 0 Å². The Bertz CT molecular complexity index is 274. The third-order valence-corrected chi connectivity index (χ3v) is 1.57. The molecule has 4 heteroatoms. The van der Waals surface area contributed by atoms with Crippen LogP contribution in [-0.2, 0) is 6.42 Å². The highest BCUT2D eigenvalue weighted by atomic mass is 16.6. The van der Waals surface area contributed by atoms with E-state index >= 15 is 0 Å². The normalized spacial score (nSPS) is 8.75. The first-order valence-electron chi connectivity index (χ1n) is 3.48. The smallest absolute Gasteiger partial charge is 0.258 e. The number of hydrogen-bond donors (Lipinski definition) is 0. The van der Waals surface area contributed by atoms with Crippen molar-refractivity contribution in [1.29, 1.82) is 0 Å². The average molecular weight is 165 g/mol. The van der Waals surface area contributed by atoms with Crippen LogP contribution in [0.2, 0.25) is 0 Å². The Kier molecular flexibility index (Phi) is 3.93. The number of benzene rings is 1. The monoisotopic (exact) mass is 165 g/mol. The van der Waals surface area contributed by atoms with Crippen LogP contribution in [0.1, 0.15) is 12.5 Å². The predicted octanol–water partition coefficient (Wildman–Crippen LogP) is 1.68. The highest BCUT2D eigenvalue weighted by Crippen LogP contribution is 2.17. The van der Waals surface area contributed by atoms with Crippen LogP contribution in [0.25, 0.3) is 0 Å². The molecular formula is C8H9N2O2. The van der Waals surface area contributed by atoms with Gasteiger partial charge in [-0.25, -0.2) is 0 Å². The fourth-order valence-electron chi connectivity index (χ4n) is 0.988. The highest BCUT2D eigenvalue weighted by Gasteiger charge is 2.08. The van der Waals surface area contributed by atoms with Gasteiger partial charge in [0.15, 0.2) is 0 Å². The molecule has 0 unspecified atom stereocenters. The van der Waals surface area contributed by atoms with E-state index in [1.54, 1.807) is 12.1 Å². The fourth-order valence-corrected chi connectivity index (χ4v) is 0.988. The van der Waals surface area contributed by atoms with Crippen LogP contribution < -0.4 is 6.15 Å². The van der Waals surface area contributed by atoms with E-state index in [0.717, 1.165) is 5.56 Å². The molecule has 0 aliphatic carbocycles. The molecule has 1 aromatic rings. The van der Waals surface area contributed by atoms with Crippen molar-refractivity contribution < 1.29 is 4.92 Å². The molecule has 3 radical (unpaired) electrons. The van der Waals surface area contributed by atoms with Gasteiger partial charge in [-0.1, -0.05) is 25.1 Å². The third-order valence-electron chi connectivity index (χ3n) is 1.57. The summed E-state index contributed by atoms with van der Waals surface area (Å²) in [7, 11) is 0. The van der Waals surface area contributed by atoms with Gasteiger partial charge in [0.2, 0.25) is 0 Å². The van der Waals surface area contributed by atoms with Gasteiger partial charge in [-0.05, 0) is 6.42 Å². The van der Waals surface area contributed by atoms with Crippen LogP contribution in [0.4, 0.5) is 5.69 Å². The first-order chi connectivity index (χ1) is 5.25. The molecule has 0 spiro atoms. The van der Waals surface area contributed by atoms with E-state index in [4.69, 9.17) is 0 Å². The predicted molar refractivity (Wildman–Crippen MR) is 44.6 cm³/mol. The standard InChI is InChI=1S/C8H9NO2.N/c1-2-7-5-3-4-6-8(7)9(10)11;/h3-6H,2H2,1H3;. The van der Waals surface area contributed by atoms with Crippen LogP contribution in [-0.4, -0.2) is 4.92 Å². The summed E-state index contributed by atoms with van der Waals surface area (Å²) >= 11 is 0. The molecule has 1 rings (SSSR count). The van der Waals surface area contributed by atoms with E-state index in [1.807, 2.05) is 13.0 Å². The van der Waals surface area contributed by atoms with Crippen molar-refractivity contribution in [2.24, 2.45) is 0 Å². The summed E-state index contributed by atoms with van der Waals surface area (Å²) < 4.78 is 0. The Balaban J connectivity index is 0.00000121. The average Bonchev–Trinajstić information content (AvgIpc) is 2.04. The number of nitrogens with zero attached hydrogens (tertiary/aromatic N) is 2. The van der Waals surface area contributed by atoms with Crippen LogP contribution in [0.15, 0.2) is 24.3 Å². The van der Waals surface area contributed by atoms with E-state index in [1.165, 1.54) is 6.07 Å². The molecule has 0 heterocycles. The molecule has 0 aliphatic rings. The minimum atomic E-state index is -0.348. The van der Waals surface area contributed by atoms with Crippen LogP contribution in [0, 0.1) is 10.1 Å². The first kappa shape index (κ1) is 10.6.